The largest absolute Gasteiger partial charge is 0.307 e. The molecule has 0 aliphatic heterocycles. The molecular weight excluding hydrogens is 184 g/mol. The maximum absolute atomic E-state index is 4.19. The lowest BCUT2D eigenvalue weighted by Gasteiger charge is -2.03. The fourth-order valence-electron chi connectivity index (χ4n) is 1.21. The first kappa shape index (κ1) is 11.7. The number of rotatable bonds is 6. The Hall–Kier alpha value is -1.41. The highest BCUT2D eigenvalue weighted by molar-refractivity contribution is 5.58. The smallest absolute Gasteiger partial charge is 0.0466 e. The van der Waals surface area contributed by atoms with Gasteiger partial charge in [0.05, 0.1) is 0 Å². The molecule has 80 valence electrons. The summed E-state index contributed by atoms with van der Waals surface area (Å²) < 4.78 is 0. The zero-order chi connectivity index (χ0) is 10.9. The Balaban J connectivity index is 2.22. The van der Waals surface area contributed by atoms with Crippen molar-refractivity contribution in [1.29, 1.82) is 0 Å². The van der Waals surface area contributed by atoms with Crippen molar-refractivity contribution < 1.29 is 0 Å². The molecule has 1 aromatic carbocycles. The van der Waals surface area contributed by atoms with E-state index in [-0.39, 0.29) is 0 Å². The summed E-state index contributed by atoms with van der Waals surface area (Å²) in [7, 11) is 0. The first-order chi connectivity index (χ1) is 7.33. The van der Waals surface area contributed by atoms with Crippen LogP contribution in [0.4, 0.5) is 0 Å². The summed E-state index contributed by atoms with van der Waals surface area (Å²) in [5.74, 6) is 0. The van der Waals surface area contributed by atoms with Crippen LogP contribution in [-0.4, -0.2) is 12.8 Å². The van der Waals surface area contributed by atoms with Crippen molar-refractivity contribution in [2.45, 2.75) is 19.9 Å². The fraction of sp³-hybridized carbons (Fsp3) is 0.308. The molecule has 2 nitrogen and oxygen atoms in total. The van der Waals surface area contributed by atoms with Crippen LogP contribution in [0.5, 0.6) is 0 Å². The monoisotopic (exact) mass is 202 g/mol. The molecule has 0 radical (unpaired) electrons. The van der Waals surface area contributed by atoms with Crippen LogP contribution in [0.25, 0.3) is 0 Å². The van der Waals surface area contributed by atoms with Gasteiger partial charge >= 0.3 is 0 Å². The quantitative estimate of drug-likeness (QED) is 0.705. The summed E-state index contributed by atoms with van der Waals surface area (Å²) >= 11 is 0. The first-order valence-corrected chi connectivity index (χ1v) is 5.28. The molecule has 0 saturated carbocycles. The van der Waals surface area contributed by atoms with E-state index in [1.54, 1.807) is 0 Å². The SMILES string of the molecule is C=C(CNCc1ccccc1)/N=C\CC. The summed E-state index contributed by atoms with van der Waals surface area (Å²) in [6.45, 7) is 7.53. The lowest BCUT2D eigenvalue weighted by atomic mass is 10.2. The Bertz CT molecular complexity index is 315. The second-order valence-corrected chi connectivity index (χ2v) is 3.38. The van der Waals surface area contributed by atoms with Crippen LogP contribution in [0, 0.1) is 0 Å². The van der Waals surface area contributed by atoms with Crippen molar-refractivity contribution in [2.24, 2.45) is 4.99 Å². The average Bonchev–Trinajstić information content (AvgIpc) is 2.28. The van der Waals surface area contributed by atoms with Gasteiger partial charge in [-0.05, 0) is 12.0 Å². The number of nitrogens with one attached hydrogen (secondary N) is 1. The van der Waals surface area contributed by atoms with Gasteiger partial charge in [0.2, 0.25) is 0 Å². The van der Waals surface area contributed by atoms with E-state index in [1.807, 2.05) is 24.4 Å². The molecule has 0 aliphatic carbocycles. The minimum absolute atomic E-state index is 0.741. The highest BCUT2D eigenvalue weighted by atomic mass is 14.9. The van der Waals surface area contributed by atoms with Crippen molar-refractivity contribution in [3.63, 3.8) is 0 Å². The molecule has 0 fully saturated rings. The predicted octanol–water partition coefficient (Wildman–Crippen LogP) is 2.77. The van der Waals surface area contributed by atoms with E-state index in [1.165, 1.54) is 5.56 Å². The summed E-state index contributed by atoms with van der Waals surface area (Å²) in [6.07, 6.45) is 2.84. The van der Waals surface area contributed by atoms with E-state index >= 15 is 0 Å². The van der Waals surface area contributed by atoms with Crippen LogP contribution in [0.15, 0.2) is 47.6 Å². The molecule has 0 aliphatic rings. The second kappa shape index (κ2) is 6.96. The molecule has 0 atom stereocenters. The minimum atomic E-state index is 0.741. The van der Waals surface area contributed by atoms with Gasteiger partial charge in [0, 0.05) is 25.0 Å². The lowest BCUT2D eigenvalue weighted by molar-refractivity contribution is 0.737. The molecule has 0 spiro atoms. The molecule has 0 saturated heterocycles. The predicted molar refractivity (Wildman–Crippen MR) is 66.1 cm³/mol. The molecule has 0 aromatic heterocycles. The van der Waals surface area contributed by atoms with Gasteiger partial charge in [0.1, 0.15) is 0 Å². The summed E-state index contributed by atoms with van der Waals surface area (Å²) in [5.41, 5.74) is 2.16. The third-order valence-electron chi connectivity index (χ3n) is 1.96. The van der Waals surface area contributed by atoms with Gasteiger partial charge in [0.25, 0.3) is 0 Å². The molecule has 0 bridgehead atoms. The molecule has 1 rings (SSSR count). The fourth-order valence-corrected chi connectivity index (χ4v) is 1.21. The lowest BCUT2D eigenvalue weighted by Crippen LogP contribution is -2.15. The van der Waals surface area contributed by atoms with Gasteiger partial charge < -0.3 is 5.32 Å². The number of hydrogen-bond donors (Lipinski definition) is 1. The van der Waals surface area contributed by atoms with E-state index in [4.69, 9.17) is 0 Å². The Labute approximate surface area is 91.7 Å². The van der Waals surface area contributed by atoms with Gasteiger partial charge in [0.15, 0.2) is 0 Å². The normalized spacial score (nSPS) is 10.7. The van der Waals surface area contributed by atoms with Gasteiger partial charge in [-0.3, -0.25) is 4.99 Å². The Morgan fingerprint density at radius 1 is 1.40 bits per heavy atom. The van der Waals surface area contributed by atoms with Crippen molar-refractivity contribution in [3.8, 4) is 0 Å². The van der Waals surface area contributed by atoms with E-state index in [0.717, 1.165) is 25.2 Å². The van der Waals surface area contributed by atoms with Crippen LogP contribution >= 0.6 is 0 Å². The minimum Gasteiger partial charge on any atom is -0.307 e. The maximum Gasteiger partial charge on any atom is 0.0466 e. The zero-order valence-electron chi connectivity index (χ0n) is 9.24. The van der Waals surface area contributed by atoms with Gasteiger partial charge in [-0.2, -0.15) is 0 Å². The van der Waals surface area contributed by atoms with E-state index in [9.17, 15) is 0 Å². The zero-order valence-corrected chi connectivity index (χ0v) is 9.24. The van der Waals surface area contributed by atoms with Crippen LogP contribution < -0.4 is 5.32 Å². The molecular formula is C13H18N2. The molecule has 2 heteroatoms. The molecule has 0 heterocycles. The second-order valence-electron chi connectivity index (χ2n) is 3.38. The third kappa shape index (κ3) is 5.13. The van der Waals surface area contributed by atoms with Crippen molar-refractivity contribution >= 4 is 6.21 Å². The Kier molecular flexibility index (Phi) is 5.41. The highest BCUT2D eigenvalue weighted by Gasteiger charge is 1.91. The van der Waals surface area contributed by atoms with Crippen molar-refractivity contribution in [3.05, 3.63) is 48.2 Å². The summed E-state index contributed by atoms with van der Waals surface area (Å²) in [5, 5.41) is 3.30. The topological polar surface area (TPSA) is 24.4 Å². The number of nitrogens with zero attached hydrogens (tertiary/aromatic N) is 1. The maximum atomic E-state index is 4.19. The summed E-state index contributed by atoms with van der Waals surface area (Å²) in [4.78, 5) is 4.19. The third-order valence-corrected chi connectivity index (χ3v) is 1.96. The summed E-state index contributed by atoms with van der Waals surface area (Å²) in [6, 6.07) is 10.3. The Morgan fingerprint density at radius 2 is 2.13 bits per heavy atom. The van der Waals surface area contributed by atoms with Gasteiger partial charge in [-0.25, -0.2) is 0 Å². The number of hydrogen-bond acceptors (Lipinski definition) is 2. The number of benzene rings is 1. The van der Waals surface area contributed by atoms with Gasteiger partial charge in [-0.1, -0.05) is 43.8 Å². The van der Waals surface area contributed by atoms with Crippen molar-refractivity contribution in [2.75, 3.05) is 6.54 Å². The molecule has 1 aromatic rings. The van der Waals surface area contributed by atoms with Crippen LogP contribution in [0.3, 0.4) is 0 Å². The average molecular weight is 202 g/mol. The standard InChI is InChI=1S/C13H18N2/c1-3-9-15-12(2)10-14-11-13-7-5-4-6-8-13/h4-9,14H,2-3,10-11H2,1H3/b15-9-. The molecule has 1 N–H and O–H groups in total. The van der Waals surface area contributed by atoms with Crippen LogP contribution in [0.1, 0.15) is 18.9 Å². The van der Waals surface area contributed by atoms with Crippen LogP contribution in [0.2, 0.25) is 0 Å². The molecule has 15 heavy (non-hydrogen) atoms. The Morgan fingerprint density at radius 3 is 2.80 bits per heavy atom. The molecule has 0 amide bonds. The van der Waals surface area contributed by atoms with Crippen molar-refractivity contribution in [1.82, 2.24) is 5.32 Å². The first-order valence-electron chi connectivity index (χ1n) is 5.28. The van der Waals surface area contributed by atoms with Gasteiger partial charge in [-0.15, -0.1) is 0 Å². The van der Waals surface area contributed by atoms with E-state index in [0.29, 0.717) is 0 Å². The van der Waals surface area contributed by atoms with E-state index < -0.39 is 0 Å². The van der Waals surface area contributed by atoms with Crippen LogP contribution in [-0.2, 0) is 6.54 Å². The molecule has 0 unspecified atom stereocenters. The highest BCUT2D eigenvalue weighted by Crippen LogP contribution is 1.98. The van der Waals surface area contributed by atoms with E-state index in [2.05, 4.69) is 35.9 Å². The number of aliphatic imine (C=N–C) groups is 1.